The summed E-state index contributed by atoms with van der Waals surface area (Å²) in [6, 6.07) is 5.33. The number of halogens is 1. The van der Waals surface area contributed by atoms with Crippen molar-refractivity contribution in [1.82, 2.24) is 5.32 Å². The molecule has 0 spiro atoms. The Balaban J connectivity index is 2.53. The van der Waals surface area contributed by atoms with Crippen LogP contribution in [0.3, 0.4) is 0 Å². The summed E-state index contributed by atoms with van der Waals surface area (Å²) in [5.74, 6) is -1.37. The van der Waals surface area contributed by atoms with Gasteiger partial charge in [0, 0.05) is 23.8 Å². The Morgan fingerprint density at radius 3 is 2.67 bits per heavy atom. The monoisotopic (exact) mass is 314 g/mol. The van der Waals surface area contributed by atoms with Gasteiger partial charge < -0.3 is 15.4 Å². The average Bonchev–Trinajstić information content (AvgIpc) is 2.34. The summed E-state index contributed by atoms with van der Waals surface area (Å²) in [7, 11) is 1.52. The third-order valence-electron chi connectivity index (χ3n) is 2.23. The lowest BCUT2D eigenvalue weighted by Gasteiger charge is -2.07. The second kappa shape index (κ2) is 7.13. The molecule has 2 amide bonds. The lowest BCUT2D eigenvalue weighted by molar-refractivity contribution is -0.136. The molecule has 0 unspecified atom stereocenters. The molecule has 0 aliphatic rings. The van der Waals surface area contributed by atoms with E-state index in [2.05, 4.69) is 26.6 Å². The quantitative estimate of drug-likeness (QED) is 0.653. The number of anilines is 1. The molecule has 1 rings (SSSR count). The van der Waals surface area contributed by atoms with Crippen molar-refractivity contribution in [2.75, 3.05) is 25.6 Å². The van der Waals surface area contributed by atoms with Crippen molar-refractivity contribution in [2.45, 2.75) is 6.92 Å². The third-order valence-corrected chi connectivity index (χ3v) is 3.08. The molecule has 0 fully saturated rings. The largest absolute Gasteiger partial charge is 0.383 e. The summed E-state index contributed by atoms with van der Waals surface area (Å²) in [6.45, 7) is 2.61. The Hall–Kier alpha value is -1.40. The van der Waals surface area contributed by atoms with E-state index in [1.54, 1.807) is 12.1 Å². The number of aryl methyl sites for hydroxylation is 1. The zero-order chi connectivity index (χ0) is 13.5. The van der Waals surface area contributed by atoms with Gasteiger partial charge in [0.25, 0.3) is 0 Å². The summed E-state index contributed by atoms with van der Waals surface area (Å²) >= 11 is 3.36. The summed E-state index contributed by atoms with van der Waals surface area (Å²) in [4.78, 5) is 22.9. The Kier molecular flexibility index (Phi) is 5.80. The van der Waals surface area contributed by atoms with Crippen molar-refractivity contribution in [3.8, 4) is 0 Å². The van der Waals surface area contributed by atoms with Crippen LogP contribution >= 0.6 is 15.9 Å². The summed E-state index contributed by atoms with van der Waals surface area (Å²) in [5.41, 5.74) is 1.62. The smallest absolute Gasteiger partial charge is 0.313 e. The molecule has 1 aromatic rings. The van der Waals surface area contributed by atoms with Crippen molar-refractivity contribution in [2.24, 2.45) is 0 Å². The van der Waals surface area contributed by atoms with Crippen LogP contribution in [-0.2, 0) is 14.3 Å². The Morgan fingerprint density at radius 1 is 1.33 bits per heavy atom. The van der Waals surface area contributed by atoms with E-state index < -0.39 is 11.8 Å². The first-order valence-corrected chi connectivity index (χ1v) is 6.18. The topological polar surface area (TPSA) is 67.4 Å². The highest BCUT2D eigenvalue weighted by Gasteiger charge is 2.13. The van der Waals surface area contributed by atoms with Crippen LogP contribution < -0.4 is 10.6 Å². The molecule has 0 saturated carbocycles. The first-order chi connectivity index (χ1) is 8.54. The van der Waals surface area contributed by atoms with Gasteiger partial charge in [0.15, 0.2) is 0 Å². The highest BCUT2D eigenvalue weighted by Crippen LogP contribution is 2.20. The first kappa shape index (κ1) is 14.7. The van der Waals surface area contributed by atoms with Crippen LogP contribution in [0.2, 0.25) is 0 Å². The molecule has 0 aliphatic heterocycles. The number of rotatable bonds is 4. The standard InChI is InChI=1S/C12H15BrN2O3/c1-8-3-4-9(7-10(8)13)15-12(17)11(16)14-5-6-18-2/h3-4,7H,5-6H2,1-2H3,(H,14,16)(H,15,17). The molecule has 1 aromatic carbocycles. The fourth-order valence-electron chi connectivity index (χ4n) is 1.21. The predicted octanol–water partition coefficient (Wildman–Crippen LogP) is 1.46. The van der Waals surface area contributed by atoms with E-state index in [-0.39, 0.29) is 0 Å². The van der Waals surface area contributed by atoms with Gasteiger partial charge in [0.05, 0.1) is 6.61 Å². The fourth-order valence-corrected chi connectivity index (χ4v) is 1.58. The van der Waals surface area contributed by atoms with E-state index in [0.717, 1.165) is 10.0 Å². The maximum Gasteiger partial charge on any atom is 0.313 e. The molecule has 2 N–H and O–H groups in total. The number of carbonyl (C=O) groups excluding carboxylic acids is 2. The van der Waals surface area contributed by atoms with Gasteiger partial charge >= 0.3 is 11.8 Å². The lowest BCUT2D eigenvalue weighted by Crippen LogP contribution is -2.37. The van der Waals surface area contributed by atoms with E-state index in [0.29, 0.717) is 18.8 Å². The van der Waals surface area contributed by atoms with Crippen LogP contribution in [0, 0.1) is 6.92 Å². The van der Waals surface area contributed by atoms with Crippen LogP contribution in [0.1, 0.15) is 5.56 Å². The van der Waals surface area contributed by atoms with Gasteiger partial charge in [-0.25, -0.2) is 0 Å². The molecule has 98 valence electrons. The number of ether oxygens (including phenoxy) is 1. The molecule has 0 radical (unpaired) electrons. The Bertz CT molecular complexity index is 449. The van der Waals surface area contributed by atoms with Crippen molar-refractivity contribution >= 4 is 33.4 Å². The number of hydrogen-bond acceptors (Lipinski definition) is 3. The Labute approximate surface area is 114 Å². The van der Waals surface area contributed by atoms with E-state index in [1.807, 2.05) is 13.0 Å². The Morgan fingerprint density at radius 2 is 2.06 bits per heavy atom. The van der Waals surface area contributed by atoms with Crippen LogP contribution in [0.25, 0.3) is 0 Å². The molecule has 0 bridgehead atoms. The first-order valence-electron chi connectivity index (χ1n) is 5.39. The predicted molar refractivity (Wildman–Crippen MR) is 72.4 cm³/mol. The number of methoxy groups -OCH3 is 1. The molecule has 5 nitrogen and oxygen atoms in total. The zero-order valence-corrected chi connectivity index (χ0v) is 11.8. The number of hydrogen-bond donors (Lipinski definition) is 2. The van der Waals surface area contributed by atoms with E-state index in [4.69, 9.17) is 4.74 Å². The maximum atomic E-state index is 11.5. The molecule has 0 aromatic heterocycles. The van der Waals surface area contributed by atoms with Gasteiger partial charge in [0.1, 0.15) is 0 Å². The minimum atomic E-state index is -0.693. The molecular formula is C12H15BrN2O3. The summed E-state index contributed by atoms with van der Waals surface area (Å²) in [6.07, 6.45) is 0. The second-order valence-electron chi connectivity index (χ2n) is 3.67. The number of carbonyl (C=O) groups is 2. The molecule has 0 aliphatic carbocycles. The maximum absolute atomic E-state index is 11.5. The summed E-state index contributed by atoms with van der Waals surface area (Å²) < 4.78 is 5.64. The lowest BCUT2D eigenvalue weighted by atomic mass is 10.2. The molecule has 0 atom stereocenters. The molecule has 6 heteroatoms. The highest BCUT2D eigenvalue weighted by atomic mass is 79.9. The van der Waals surface area contributed by atoms with Gasteiger partial charge in [-0.15, -0.1) is 0 Å². The number of benzene rings is 1. The summed E-state index contributed by atoms with van der Waals surface area (Å²) in [5, 5.41) is 4.96. The minimum Gasteiger partial charge on any atom is -0.383 e. The van der Waals surface area contributed by atoms with E-state index in [9.17, 15) is 9.59 Å². The van der Waals surface area contributed by atoms with Crippen LogP contribution in [0.5, 0.6) is 0 Å². The second-order valence-corrected chi connectivity index (χ2v) is 4.52. The minimum absolute atomic E-state index is 0.306. The van der Waals surface area contributed by atoms with Gasteiger partial charge in [-0.2, -0.15) is 0 Å². The average molecular weight is 315 g/mol. The van der Waals surface area contributed by atoms with Crippen molar-refractivity contribution < 1.29 is 14.3 Å². The van der Waals surface area contributed by atoms with Crippen molar-refractivity contribution in [3.63, 3.8) is 0 Å². The van der Waals surface area contributed by atoms with Crippen LogP contribution in [0.15, 0.2) is 22.7 Å². The van der Waals surface area contributed by atoms with Crippen LogP contribution in [0.4, 0.5) is 5.69 Å². The van der Waals surface area contributed by atoms with Crippen molar-refractivity contribution in [1.29, 1.82) is 0 Å². The van der Waals surface area contributed by atoms with Crippen LogP contribution in [-0.4, -0.2) is 32.1 Å². The number of nitrogens with one attached hydrogen (secondary N) is 2. The van der Waals surface area contributed by atoms with Gasteiger partial charge in [-0.05, 0) is 24.6 Å². The molecule has 18 heavy (non-hydrogen) atoms. The highest BCUT2D eigenvalue weighted by molar-refractivity contribution is 9.10. The SMILES string of the molecule is COCCNC(=O)C(=O)Nc1ccc(C)c(Br)c1. The molecule has 0 heterocycles. The van der Waals surface area contributed by atoms with Gasteiger partial charge in [-0.1, -0.05) is 22.0 Å². The van der Waals surface area contributed by atoms with E-state index in [1.165, 1.54) is 7.11 Å². The van der Waals surface area contributed by atoms with Crippen molar-refractivity contribution in [3.05, 3.63) is 28.2 Å². The van der Waals surface area contributed by atoms with E-state index >= 15 is 0 Å². The fraction of sp³-hybridized carbons (Fsp3) is 0.333. The normalized spacial score (nSPS) is 9.94. The zero-order valence-electron chi connectivity index (χ0n) is 10.2. The van der Waals surface area contributed by atoms with Gasteiger partial charge in [-0.3, -0.25) is 9.59 Å². The molecule has 0 saturated heterocycles. The number of amides is 2. The molecular weight excluding hydrogens is 300 g/mol. The third kappa shape index (κ3) is 4.46. The van der Waals surface area contributed by atoms with Gasteiger partial charge in [0.2, 0.25) is 0 Å².